The average molecular weight is 303 g/mol. The van der Waals surface area contributed by atoms with Crippen molar-refractivity contribution in [3.63, 3.8) is 0 Å². The third-order valence-electron chi connectivity index (χ3n) is 3.02. The molecule has 0 saturated heterocycles. The molecule has 116 valence electrons. The van der Waals surface area contributed by atoms with E-state index in [1.807, 2.05) is 12.1 Å². The highest BCUT2D eigenvalue weighted by Crippen LogP contribution is 2.29. The molecule has 0 bridgehead atoms. The van der Waals surface area contributed by atoms with Gasteiger partial charge in [0.1, 0.15) is 6.61 Å². The normalized spacial score (nSPS) is 10.5. The second kappa shape index (κ2) is 7.51. The number of hydrogen-bond acceptors (Lipinski definition) is 5. The van der Waals surface area contributed by atoms with Crippen molar-refractivity contribution in [3.8, 4) is 0 Å². The quantitative estimate of drug-likeness (QED) is 0.594. The number of rotatable bonds is 6. The highest BCUT2D eigenvalue weighted by Gasteiger charge is 2.09. The lowest BCUT2D eigenvalue weighted by Crippen LogP contribution is -2.20. The number of fused-ring (bicyclic) bond motifs is 1. The Hall–Kier alpha value is -2.48. The van der Waals surface area contributed by atoms with Crippen LogP contribution in [0.15, 0.2) is 36.4 Å². The fourth-order valence-electron chi connectivity index (χ4n) is 2.10. The molecule has 0 radical (unpaired) electrons. The van der Waals surface area contributed by atoms with Crippen LogP contribution in [0.1, 0.15) is 6.42 Å². The van der Waals surface area contributed by atoms with E-state index in [-0.39, 0.29) is 31.4 Å². The average Bonchev–Trinajstić information content (AvgIpc) is 2.48. The molecule has 0 spiro atoms. The Morgan fingerprint density at radius 3 is 2.05 bits per heavy atom. The van der Waals surface area contributed by atoms with Crippen LogP contribution in [0.5, 0.6) is 0 Å². The van der Waals surface area contributed by atoms with Gasteiger partial charge in [-0.15, -0.1) is 0 Å². The molecule has 0 unspecified atom stereocenters. The summed E-state index contributed by atoms with van der Waals surface area (Å²) in [5, 5.41) is 15.8. The Morgan fingerprint density at radius 1 is 1.00 bits per heavy atom. The fraction of sp³-hybridized carbons (Fsp3) is 0.200. The molecular weight excluding hydrogens is 286 g/mol. The maximum atomic E-state index is 11.6. The highest BCUT2D eigenvalue weighted by molar-refractivity contribution is 6.09. The van der Waals surface area contributed by atoms with Gasteiger partial charge in [0.05, 0.1) is 13.0 Å². The lowest BCUT2D eigenvalue weighted by atomic mass is 10.1. The topological polar surface area (TPSA) is 114 Å². The van der Waals surface area contributed by atoms with Crippen LogP contribution in [-0.2, 0) is 14.4 Å². The predicted molar refractivity (Wildman–Crippen MR) is 83.0 cm³/mol. The van der Waals surface area contributed by atoms with Gasteiger partial charge in [-0.3, -0.25) is 14.4 Å². The number of nitrogens with one attached hydrogen (secondary N) is 2. The molecule has 0 aromatic heterocycles. The first kappa shape index (κ1) is 15.9. The summed E-state index contributed by atoms with van der Waals surface area (Å²) in [5.41, 5.74) is 1.21. The van der Waals surface area contributed by atoms with Crippen molar-refractivity contribution in [1.29, 1.82) is 0 Å². The maximum Gasteiger partial charge on any atom is 0.252 e. The third kappa shape index (κ3) is 3.79. The van der Waals surface area contributed by atoms with Gasteiger partial charge in [0.2, 0.25) is 5.91 Å². The van der Waals surface area contributed by atoms with E-state index in [0.29, 0.717) is 11.4 Å². The number of benzene rings is 2. The van der Waals surface area contributed by atoms with Gasteiger partial charge < -0.3 is 15.7 Å². The number of anilines is 2. The van der Waals surface area contributed by atoms with Crippen molar-refractivity contribution in [2.24, 2.45) is 5.90 Å². The molecule has 0 heterocycles. The molecular formula is C15H17N3O4. The summed E-state index contributed by atoms with van der Waals surface area (Å²) in [7, 11) is 0. The smallest absolute Gasteiger partial charge is 0.252 e. The van der Waals surface area contributed by atoms with Crippen LogP contribution in [0.4, 0.5) is 11.4 Å². The van der Waals surface area contributed by atoms with Crippen LogP contribution >= 0.6 is 0 Å². The molecule has 2 aromatic carbocycles. The summed E-state index contributed by atoms with van der Waals surface area (Å²) in [6.07, 6.45) is 0.0284. The number of hydrogen-bond donors (Lipinski definition) is 4. The van der Waals surface area contributed by atoms with E-state index >= 15 is 0 Å². The molecule has 7 nitrogen and oxygen atoms in total. The van der Waals surface area contributed by atoms with Gasteiger partial charge in [0, 0.05) is 22.1 Å². The number of nitrogens with two attached hydrogens (primary N) is 1. The van der Waals surface area contributed by atoms with E-state index in [1.54, 1.807) is 24.3 Å². The number of aliphatic hydroxyl groups excluding tert-OH is 1. The molecule has 22 heavy (non-hydrogen) atoms. The van der Waals surface area contributed by atoms with Crippen molar-refractivity contribution >= 4 is 34.0 Å². The number of aliphatic hydroxyl groups is 1. The van der Waals surface area contributed by atoms with Crippen molar-refractivity contribution < 1.29 is 19.5 Å². The zero-order valence-corrected chi connectivity index (χ0v) is 11.8. The van der Waals surface area contributed by atoms with E-state index in [0.717, 1.165) is 10.8 Å². The Kier molecular flexibility index (Phi) is 5.42. The zero-order valence-electron chi connectivity index (χ0n) is 11.8. The van der Waals surface area contributed by atoms with Crippen LogP contribution in [0.2, 0.25) is 0 Å². The summed E-state index contributed by atoms with van der Waals surface area (Å²) >= 11 is 0. The Bertz CT molecular complexity index is 628. The largest absolute Gasteiger partial charge is 0.396 e. The molecule has 0 aliphatic heterocycles. The van der Waals surface area contributed by atoms with Crippen LogP contribution in [0.3, 0.4) is 0 Å². The molecule has 7 heteroatoms. The summed E-state index contributed by atoms with van der Waals surface area (Å²) in [5.74, 6) is 4.23. The molecule has 0 saturated carbocycles. The third-order valence-corrected chi connectivity index (χ3v) is 3.02. The molecule has 0 aliphatic carbocycles. The lowest BCUT2D eigenvalue weighted by Gasteiger charge is -2.12. The maximum absolute atomic E-state index is 11.6. The van der Waals surface area contributed by atoms with Gasteiger partial charge >= 0.3 is 0 Å². The summed E-state index contributed by atoms with van der Waals surface area (Å²) < 4.78 is 0. The SMILES string of the molecule is NOCC(=O)Nc1cccc2c(NC(=O)CCO)cccc12. The second-order valence-electron chi connectivity index (χ2n) is 4.59. The number of amides is 2. The molecule has 2 aromatic rings. The molecule has 2 amide bonds. The van der Waals surface area contributed by atoms with Crippen LogP contribution in [-0.4, -0.2) is 30.1 Å². The van der Waals surface area contributed by atoms with E-state index in [1.165, 1.54) is 0 Å². The minimum atomic E-state index is -0.371. The molecule has 0 aliphatic rings. The van der Waals surface area contributed by atoms with Gasteiger partial charge in [-0.25, -0.2) is 5.90 Å². The van der Waals surface area contributed by atoms with E-state index in [4.69, 9.17) is 11.0 Å². The molecule has 2 rings (SSSR count). The lowest BCUT2D eigenvalue weighted by molar-refractivity contribution is -0.120. The summed E-state index contributed by atoms with van der Waals surface area (Å²) in [6, 6.07) is 10.7. The molecule has 5 N–H and O–H groups in total. The van der Waals surface area contributed by atoms with E-state index < -0.39 is 0 Å². The first-order valence-corrected chi connectivity index (χ1v) is 6.69. The van der Waals surface area contributed by atoms with Crippen LogP contribution in [0, 0.1) is 0 Å². The highest BCUT2D eigenvalue weighted by atomic mass is 16.6. The minimum Gasteiger partial charge on any atom is -0.396 e. The van der Waals surface area contributed by atoms with Gasteiger partial charge in [-0.05, 0) is 12.1 Å². The predicted octanol–water partition coefficient (Wildman–Crippen LogP) is 0.989. The monoisotopic (exact) mass is 303 g/mol. The summed E-state index contributed by atoms with van der Waals surface area (Å²) in [6.45, 7) is -0.458. The van der Waals surface area contributed by atoms with Crippen molar-refractivity contribution in [1.82, 2.24) is 0 Å². The Balaban J connectivity index is 2.33. The van der Waals surface area contributed by atoms with E-state index in [9.17, 15) is 9.59 Å². The van der Waals surface area contributed by atoms with Gasteiger partial charge in [0.15, 0.2) is 0 Å². The molecule has 0 atom stereocenters. The Morgan fingerprint density at radius 2 is 1.55 bits per heavy atom. The zero-order chi connectivity index (χ0) is 15.9. The standard InChI is InChI=1S/C15H17N3O4/c16-22-9-15(21)18-13-6-2-3-10-11(13)4-1-5-12(10)17-14(20)7-8-19/h1-6,19H,7-9,16H2,(H,17,20)(H,18,21). The van der Waals surface area contributed by atoms with Gasteiger partial charge in [0.25, 0.3) is 5.91 Å². The van der Waals surface area contributed by atoms with Crippen molar-refractivity contribution in [3.05, 3.63) is 36.4 Å². The Labute approximate surface area is 127 Å². The fourth-order valence-corrected chi connectivity index (χ4v) is 2.10. The van der Waals surface area contributed by atoms with Crippen LogP contribution in [0.25, 0.3) is 10.8 Å². The van der Waals surface area contributed by atoms with Gasteiger partial charge in [-0.1, -0.05) is 24.3 Å². The minimum absolute atomic E-state index is 0.0284. The first-order chi connectivity index (χ1) is 10.7. The number of carbonyl (C=O) groups is 2. The van der Waals surface area contributed by atoms with Gasteiger partial charge in [-0.2, -0.15) is 0 Å². The van der Waals surface area contributed by atoms with Crippen LogP contribution < -0.4 is 16.5 Å². The van der Waals surface area contributed by atoms with Crippen molar-refractivity contribution in [2.45, 2.75) is 6.42 Å². The summed E-state index contributed by atoms with van der Waals surface area (Å²) in [4.78, 5) is 27.5. The van der Waals surface area contributed by atoms with E-state index in [2.05, 4.69) is 15.5 Å². The second-order valence-corrected chi connectivity index (χ2v) is 4.59. The first-order valence-electron chi connectivity index (χ1n) is 6.69. The molecule has 0 fully saturated rings. The van der Waals surface area contributed by atoms with Crippen molar-refractivity contribution in [2.75, 3.05) is 23.8 Å². The number of carbonyl (C=O) groups excluding carboxylic acids is 2.